The molecule has 1 aliphatic rings. The fourth-order valence-electron chi connectivity index (χ4n) is 3.00. The van der Waals surface area contributed by atoms with Crippen LogP contribution in [0.4, 0.5) is 13.2 Å². The lowest BCUT2D eigenvalue weighted by atomic mass is 9.79. The highest BCUT2D eigenvalue weighted by molar-refractivity contribution is 5.05. The van der Waals surface area contributed by atoms with Crippen molar-refractivity contribution in [1.82, 2.24) is 15.1 Å². The summed E-state index contributed by atoms with van der Waals surface area (Å²) in [4.78, 5) is 0. The second kappa shape index (κ2) is 6.36. The molecular formula is C14H22F3N3O. The third kappa shape index (κ3) is 3.77. The van der Waals surface area contributed by atoms with Crippen molar-refractivity contribution < 1.29 is 18.3 Å². The quantitative estimate of drug-likeness (QED) is 0.879. The summed E-state index contributed by atoms with van der Waals surface area (Å²) in [6.45, 7) is 2.83. The molecular weight excluding hydrogens is 283 g/mol. The molecule has 1 aromatic rings. The van der Waals surface area contributed by atoms with Crippen LogP contribution in [-0.4, -0.2) is 33.6 Å². The molecule has 0 radical (unpaired) electrons. The van der Waals surface area contributed by atoms with Crippen molar-refractivity contribution in [1.29, 1.82) is 0 Å². The number of hydrogen-bond donors (Lipinski definition) is 2. The van der Waals surface area contributed by atoms with Gasteiger partial charge in [-0.3, -0.25) is 4.68 Å². The van der Waals surface area contributed by atoms with E-state index in [0.717, 1.165) is 38.3 Å². The molecule has 0 bridgehead atoms. The van der Waals surface area contributed by atoms with E-state index in [9.17, 15) is 18.3 Å². The van der Waals surface area contributed by atoms with E-state index in [1.54, 1.807) is 0 Å². The first-order valence-corrected chi connectivity index (χ1v) is 7.38. The lowest BCUT2D eigenvalue weighted by Gasteiger charge is -2.40. The molecule has 2 unspecified atom stereocenters. The summed E-state index contributed by atoms with van der Waals surface area (Å²) in [5.41, 5.74) is -1.26. The van der Waals surface area contributed by atoms with Gasteiger partial charge in [0.05, 0.1) is 12.6 Å². The smallest absolute Gasteiger partial charge is 0.394 e. The van der Waals surface area contributed by atoms with Gasteiger partial charge in [-0.05, 0) is 44.7 Å². The van der Waals surface area contributed by atoms with Crippen molar-refractivity contribution in [2.75, 3.05) is 13.2 Å². The Labute approximate surface area is 122 Å². The van der Waals surface area contributed by atoms with Crippen LogP contribution in [0.3, 0.4) is 0 Å². The number of aliphatic hydroxyl groups excluding tert-OH is 1. The molecule has 4 nitrogen and oxygen atoms in total. The molecule has 0 spiro atoms. The molecule has 0 aromatic carbocycles. The van der Waals surface area contributed by atoms with E-state index >= 15 is 0 Å². The minimum Gasteiger partial charge on any atom is -0.394 e. The first kappa shape index (κ1) is 16.3. The van der Waals surface area contributed by atoms with Gasteiger partial charge in [0.1, 0.15) is 0 Å². The van der Waals surface area contributed by atoms with E-state index < -0.39 is 17.4 Å². The average Bonchev–Trinajstić information content (AvgIpc) is 2.95. The maximum atomic E-state index is 12.6. The summed E-state index contributed by atoms with van der Waals surface area (Å²) in [7, 11) is 0. The fraction of sp³-hybridized carbons (Fsp3) is 0.786. The van der Waals surface area contributed by atoms with Gasteiger partial charge in [-0.2, -0.15) is 18.3 Å². The predicted molar refractivity (Wildman–Crippen MR) is 72.8 cm³/mol. The molecule has 1 saturated carbocycles. The zero-order chi connectivity index (χ0) is 15.5. The molecule has 1 fully saturated rings. The fourth-order valence-corrected chi connectivity index (χ4v) is 3.00. The number of halogens is 3. The molecule has 2 atom stereocenters. The number of aliphatic hydroxyl groups is 1. The van der Waals surface area contributed by atoms with Crippen molar-refractivity contribution >= 4 is 0 Å². The van der Waals surface area contributed by atoms with Gasteiger partial charge >= 0.3 is 6.18 Å². The molecule has 0 saturated heterocycles. The number of hydrogen-bond acceptors (Lipinski definition) is 3. The maximum absolute atomic E-state index is 12.6. The first-order valence-electron chi connectivity index (χ1n) is 7.38. The number of rotatable bonds is 5. The standard InChI is InChI=1S/C14H22F3N3O/c1-2-7-18-13(10-21)6-3-4-11(9-13)20-8-5-12(19-20)14(15,16)17/h5,8,11,18,21H,2-4,6-7,9-10H2,1H3. The van der Waals surface area contributed by atoms with Gasteiger partial charge in [-0.15, -0.1) is 0 Å². The monoisotopic (exact) mass is 305 g/mol. The van der Waals surface area contributed by atoms with E-state index in [1.165, 1.54) is 10.9 Å². The Balaban J connectivity index is 2.11. The molecule has 1 aliphatic carbocycles. The van der Waals surface area contributed by atoms with Crippen LogP contribution < -0.4 is 5.32 Å². The Morgan fingerprint density at radius 2 is 2.29 bits per heavy atom. The summed E-state index contributed by atoms with van der Waals surface area (Å²) in [5.74, 6) is 0. The normalized spacial score (nSPS) is 27.0. The van der Waals surface area contributed by atoms with Crippen LogP contribution in [0.1, 0.15) is 50.8 Å². The van der Waals surface area contributed by atoms with E-state index in [2.05, 4.69) is 10.4 Å². The second-order valence-electron chi connectivity index (χ2n) is 5.79. The number of alkyl halides is 3. The summed E-state index contributed by atoms with van der Waals surface area (Å²) >= 11 is 0. The minimum atomic E-state index is -4.41. The van der Waals surface area contributed by atoms with E-state index in [4.69, 9.17) is 0 Å². The molecule has 1 heterocycles. The zero-order valence-corrected chi connectivity index (χ0v) is 12.2. The van der Waals surface area contributed by atoms with Crippen LogP contribution in [0.15, 0.2) is 12.3 Å². The molecule has 7 heteroatoms. The summed E-state index contributed by atoms with van der Waals surface area (Å²) in [5, 5.41) is 16.7. The van der Waals surface area contributed by atoms with Crippen LogP contribution in [-0.2, 0) is 6.18 Å². The number of nitrogens with zero attached hydrogens (tertiary/aromatic N) is 2. The van der Waals surface area contributed by atoms with Crippen LogP contribution >= 0.6 is 0 Å². The van der Waals surface area contributed by atoms with Gasteiger partial charge in [0.2, 0.25) is 0 Å². The second-order valence-corrected chi connectivity index (χ2v) is 5.79. The topological polar surface area (TPSA) is 50.1 Å². The Kier molecular flexibility index (Phi) is 4.93. The highest BCUT2D eigenvalue weighted by atomic mass is 19.4. The van der Waals surface area contributed by atoms with Crippen molar-refractivity contribution in [3.05, 3.63) is 18.0 Å². The van der Waals surface area contributed by atoms with Crippen LogP contribution in [0, 0.1) is 0 Å². The Morgan fingerprint density at radius 3 is 2.86 bits per heavy atom. The van der Waals surface area contributed by atoms with Crippen molar-refractivity contribution in [3.63, 3.8) is 0 Å². The summed E-state index contributed by atoms with van der Waals surface area (Å²) in [6.07, 6.45) is 1.02. The molecule has 2 rings (SSSR count). The SMILES string of the molecule is CCCNC1(CO)CCCC(n2ccc(C(F)(F)F)n2)C1. The van der Waals surface area contributed by atoms with Crippen molar-refractivity contribution in [2.24, 2.45) is 0 Å². The van der Waals surface area contributed by atoms with Gasteiger partial charge < -0.3 is 10.4 Å². The van der Waals surface area contributed by atoms with Gasteiger partial charge in [-0.25, -0.2) is 0 Å². The van der Waals surface area contributed by atoms with Gasteiger partial charge in [-0.1, -0.05) is 6.92 Å². The molecule has 21 heavy (non-hydrogen) atoms. The van der Waals surface area contributed by atoms with E-state index in [0.29, 0.717) is 6.42 Å². The van der Waals surface area contributed by atoms with Crippen LogP contribution in [0.2, 0.25) is 0 Å². The van der Waals surface area contributed by atoms with Crippen molar-refractivity contribution in [2.45, 2.75) is 56.8 Å². The molecule has 1 aromatic heterocycles. The molecule has 0 aliphatic heterocycles. The predicted octanol–water partition coefficient (Wildman–Crippen LogP) is 2.75. The first-order chi connectivity index (χ1) is 9.90. The van der Waals surface area contributed by atoms with Gasteiger partial charge in [0.25, 0.3) is 0 Å². The van der Waals surface area contributed by atoms with Crippen molar-refractivity contribution in [3.8, 4) is 0 Å². The molecule has 0 amide bonds. The number of nitrogens with one attached hydrogen (secondary N) is 1. The Bertz CT molecular complexity index is 461. The third-order valence-electron chi connectivity index (χ3n) is 4.14. The Hall–Kier alpha value is -1.08. The zero-order valence-electron chi connectivity index (χ0n) is 12.2. The average molecular weight is 305 g/mol. The molecule has 120 valence electrons. The highest BCUT2D eigenvalue weighted by Crippen LogP contribution is 2.36. The van der Waals surface area contributed by atoms with Crippen LogP contribution in [0.5, 0.6) is 0 Å². The van der Waals surface area contributed by atoms with Gasteiger partial charge in [0.15, 0.2) is 5.69 Å². The number of aromatic nitrogens is 2. The highest BCUT2D eigenvalue weighted by Gasteiger charge is 2.38. The van der Waals surface area contributed by atoms with E-state index in [-0.39, 0.29) is 12.6 Å². The lowest BCUT2D eigenvalue weighted by molar-refractivity contribution is -0.141. The summed E-state index contributed by atoms with van der Waals surface area (Å²) in [6, 6.07) is 0.903. The van der Waals surface area contributed by atoms with Crippen LogP contribution in [0.25, 0.3) is 0 Å². The maximum Gasteiger partial charge on any atom is 0.435 e. The van der Waals surface area contributed by atoms with Gasteiger partial charge in [0, 0.05) is 11.7 Å². The van der Waals surface area contributed by atoms with E-state index in [1.807, 2.05) is 6.92 Å². The summed E-state index contributed by atoms with van der Waals surface area (Å²) < 4.78 is 39.3. The Morgan fingerprint density at radius 1 is 1.52 bits per heavy atom. The molecule has 2 N–H and O–H groups in total. The lowest BCUT2D eigenvalue weighted by Crippen LogP contribution is -2.52. The third-order valence-corrected chi connectivity index (χ3v) is 4.14. The largest absolute Gasteiger partial charge is 0.435 e. The minimum absolute atomic E-state index is 0.00308.